The highest BCUT2D eigenvalue weighted by Crippen LogP contribution is 2.00. The fourth-order valence-corrected chi connectivity index (χ4v) is 2.02. The van der Waals surface area contributed by atoms with E-state index in [0.29, 0.717) is 0 Å². The minimum absolute atomic E-state index is 1.06. The molecule has 4 nitrogen and oxygen atoms in total. The van der Waals surface area contributed by atoms with Crippen LogP contribution in [-0.2, 0) is 13.5 Å². The van der Waals surface area contributed by atoms with Crippen molar-refractivity contribution in [3.63, 3.8) is 0 Å². The van der Waals surface area contributed by atoms with Crippen molar-refractivity contribution in [2.45, 2.75) is 12.8 Å². The van der Waals surface area contributed by atoms with Crippen molar-refractivity contribution < 1.29 is 0 Å². The quantitative estimate of drug-likeness (QED) is 0.773. The van der Waals surface area contributed by atoms with Crippen LogP contribution in [0, 0.1) is 0 Å². The first-order valence-electron chi connectivity index (χ1n) is 5.75. The van der Waals surface area contributed by atoms with Crippen molar-refractivity contribution in [2.75, 3.05) is 32.7 Å². The van der Waals surface area contributed by atoms with Crippen LogP contribution in [0.1, 0.15) is 12.2 Å². The van der Waals surface area contributed by atoms with E-state index in [2.05, 4.69) is 26.8 Å². The van der Waals surface area contributed by atoms with Crippen LogP contribution in [0.5, 0.6) is 0 Å². The van der Waals surface area contributed by atoms with Gasteiger partial charge in [0.05, 0.1) is 0 Å². The third-order valence-electron chi connectivity index (χ3n) is 3.01. The molecule has 15 heavy (non-hydrogen) atoms. The van der Waals surface area contributed by atoms with Crippen LogP contribution in [0.15, 0.2) is 12.4 Å². The van der Waals surface area contributed by atoms with E-state index in [1.165, 1.54) is 31.9 Å². The average Bonchev–Trinajstić information content (AvgIpc) is 2.53. The summed E-state index contributed by atoms with van der Waals surface area (Å²) in [5, 5.41) is 3.42. The molecule has 0 radical (unpaired) electrons. The van der Waals surface area contributed by atoms with Gasteiger partial charge in [0.15, 0.2) is 0 Å². The monoisotopic (exact) mass is 208 g/mol. The maximum Gasteiger partial charge on any atom is 0.109 e. The lowest BCUT2D eigenvalue weighted by Crippen LogP contribution is -2.30. The van der Waals surface area contributed by atoms with Gasteiger partial charge in [0, 0.05) is 45.5 Å². The lowest BCUT2D eigenvalue weighted by atomic mass is 10.3. The van der Waals surface area contributed by atoms with Gasteiger partial charge in [-0.3, -0.25) is 0 Å². The van der Waals surface area contributed by atoms with E-state index < -0.39 is 0 Å². The zero-order chi connectivity index (χ0) is 10.5. The lowest BCUT2D eigenvalue weighted by Gasteiger charge is -2.18. The van der Waals surface area contributed by atoms with E-state index in [-0.39, 0.29) is 0 Å². The number of nitrogens with one attached hydrogen (secondary N) is 1. The Morgan fingerprint density at radius 2 is 2.33 bits per heavy atom. The third kappa shape index (κ3) is 3.04. The number of hydrogen-bond donors (Lipinski definition) is 1. The Hall–Kier alpha value is -0.870. The van der Waals surface area contributed by atoms with E-state index in [1.54, 1.807) is 0 Å². The van der Waals surface area contributed by atoms with Gasteiger partial charge in [-0.15, -0.1) is 0 Å². The Labute approximate surface area is 91.3 Å². The second-order valence-corrected chi connectivity index (χ2v) is 4.15. The molecule has 1 aliphatic rings. The van der Waals surface area contributed by atoms with Crippen LogP contribution in [0.2, 0.25) is 0 Å². The van der Waals surface area contributed by atoms with Crippen molar-refractivity contribution in [3.05, 3.63) is 18.2 Å². The maximum atomic E-state index is 4.34. The van der Waals surface area contributed by atoms with Gasteiger partial charge >= 0.3 is 0 Å². The molecule has 0 atom stereocenters. The van der Waals surface area contributed by atoms with Crippen molar-refractivity contribution in [2.24, 2.45) is 7.05 Å². The highest BCUT2D eigenvalue weighted by atomic mass is 15.2. The van der Waals surface area contributed by atoms with E-state index in [0.717, 1.165) is 19.5 Å². The second kappa shape index (κ2) is 5.28. The molecule has 0 spiro atoms. The first kappa shape index (κ1) is 10.6. The highest BCUT2D eigenvalue weighted by molar-refractivity contribution is 4.91. The molecule has 0 saturated carbocycles. The summed E-state index contributed by atoms with van der Waals surface area (Å²) in [4.78, 5) is 6.87. The molecule has 0 unspecified atom stereocenters. The summed E-state index contributed by atoms with van der Waals surface area (Å²) < 4.78 is 2.11. The molecule has 2 rings (SSSR count). The van der Waals surface area contributed by atoms with Gasteiger partial charge in [0.2, 0.25) is 0 Å². The van der Waals surface area contributed by atoms with Crippen LogP contribution in [0.25, 0.3) is 0 Å². The number of hydrogen-bond acceptors (Lipinski definition) is 3. The molecule has 1 aromatic rings. The van der Waals surface area contributed by atoms with Crippen molar-refractivity contribution in [1.29, 1.82) is 0 Å². The van der Waals surface area contributed by atoms with Crippen molar-refractivity contribution in [3.8, 4) is 0 Å². The molecule has 1 aliphatic heterocycles. The SMILES string of the molecule is Cn1ccnc1CCN1CCCNCC1. The summed E-state index contributed by atoms with van der Waals surface area (Å²) in [6.07, 6.45) is 6.21. The second-order valence-electron chi connectivity index (χ2n) is 4.15. The molecule has 0 amide bonds. The number of aromatic nitrogens is 2. The minimum Gasteiger partial charge on any atom is -0.338 e. The third-order valence-corrected chi connectivity index (χ3v) is 3.01. The fourth-order valence-electron chi connectivity index (χ4n) is 2.02. The standard InChI is InChI=1S/C11H20N4/c1-14-9-6-13-11(14)3-8-15-7-2-4-12-5-10-15/h6,9,12H,2-5,7-8,10H2,1H3. The minimum atomic E-state index is 1.06. The number of aryl methyl sites for hydroxylation is 1. The summed E-state index contributed by atoms with van der Waals surface area (Å²) in [7, 11) is 2.06. The Kier molecular flexibility index (Phi) is 3.75. The van der Waals surface area contributed by atoms with Gasteiger partial charge < -0.3 is 14.8 Å². The van der Waals surface area contributed by atoms with Crippen LogP contribution in [0.3, 0.4) is 0 Å². The lowest BCUT2D eigenvalue weighted by molar-refractivity contribution is 0.293. The summed E-state index contributed by atoms with van der Waals surface area (Å²) in [5.74, 6) is 1.19. The first-order chi connectivity index (χ1) is 7.36. The Balaban J connectivity index is 1.79. The van der Waals surface area contributed by atoms with E-state index in [1.807, 2.05) is 12.4 Å². The fraction of sp³-hybridized carbons (Fsp3) is 0.727. The van der Waals surface area contributed by atoms with E-state index in [4.69, 9.17) is 0 Å². The average molecular weight is 208 g/mol. The van der Waals surface area contributed by atoms with E-state index >= 15 is 0 Å². The van der Waals surface area contributed by atoms with Crippen LogP contribution < -0.4 is 5.32 Å². The van der Waals surface area contributed by atoms with Crippen LogP contribution in [0.4, 0.5) is 0 Å². The van der Waals surface area contributed by atoms with Crippen molar-refractivity contribution >= 4 is 0 Å². The molecular formula is C11H20N4. The van der Waals surface area contributed by atoms with Crippen LogP contribution in [-0.4, -0.2) is 47.2 Å². The van der Waals surface area contributed by atoms with Gasteiger partial charge in [0.1, 0.15) is 5.82 Å². The molecule has 1 saturated heterocycles. The van der Waals surface area contributed by atoms with Gasteiger partial charge in [-0.1, -0.05) is 0 Å². The molecular weight excluding hydrogens is 188 g/mol. The summed E-state index contributed by atoms with van der Waals surface area (Å²) in [6, 6.07) is 0. The molecule has 0 bridgehead atoms. The smallest absolute Gasteiger partial charge is 0.109 e. The van der Waals surface area contributed by atoms with Gasteiger partial charge in [-0.2, -0.15) is 0 Å². The highest BCUT2D eigenvalue weighted by Gasteiger charge is 2.09. The normalized spacial score (nSPS) is 19.0. The Morgan fingerprint density at radius 1 is 1.40 bits per heavy atom. The summed E-state index contributed by atoms with van der Waals surface area (Å²) >= 11 is 0. The zero-order valence-electron chi connectivity index (χ0n) is 9.45. The predicted octanol–water partition coefficient (Wildman–Crippen LogP) is 0.258. The number of imidazole rings is 1. The molecule has 2 heterocycles. The number of rotatable bonds is 3. The van der Waals surface area contributed by atoms with Crippen LogP contribution >= 0.6 is 0 Å². The maximum absolute atomic E-state index is 4.34. The van der Waals surface area contributed by atoms with E-state index in [9.17, 15) is 0 Å². The van der Waals surface area contributed by atoms with Crippen molar-refractivity contribution in [1.82, 2.24) is 19.8 Å². The molecule has 84 valence electrons. The molecule has 1 N–H and O–H groups in total. The largest absolute Gasteiger partial charge is 0.338 e. The molecule has 4 heteroatoms. The molecule has 1 fully saturated rings. The van der Waals surface area contributed by atoms with Gasteiger partial charge in [0.25, 0.3) is 0 Å². The van der Waals surface area contributed by atoms with Gasteiger partial charge in [-0.25, -0.2) is 4.98 Å². The first-order valence-corrected chi connectivity index (χ1v) is 5.75. The molecule has 0 aromatic carbocycles. The summed E-state index contributed by atoms with van der Waals surface area (Å²) in [6.45, 7) is 5.81. The number of nitrogens with zero attached hydrogens (tertiary/aromatic N) is 3. The summed E-state index contributed by atoms with van der Waals surface area (Å²) in [5.41, 5.74) is 0. The Bertz CT molecular complexity index is 287. The van der Waals surface area contributed by atoms with Gasteiger partial charge in [-0.05, 0) is 19.5 Å². The zero-order valence-corrected chi connectivity index (χ0v) is 9.45. The Morgan fingerprint density at radius 3 is 3.13 bits per heavy atom. The topological polar surface area (TPSA) is 33.1 Å². The molecule has 1 aromatic heterocycles. The molecule has 0 aliphatic carbocycles. The predicted molar refractivity (Wildman–Crippen MR) is 60.8 cm³/mol.